The Bertz CT molecular complexity index is 2290. The van der Waals surface area contributed by atoms with E-state index >= 15 is 4.57 Å². The number of hydrogen-bond donors (Lipinski definition) is 0. The van der Waals surface area contributed by atoms with Gasteiger partial charge in [0.25, 0.3) is 0 Å². The van der Waals surface area contributed by atoms with Crippen LogP contribution in [0, 0.1) is 0 Å². The van der Waals surface area contributed by atoms with E-state index in [9.17, 15) is 0 Å². The van der Waals surface area contributed by atoms with Gasteiger partial charge in [0.05, 0.1) is 0 Å². The Morgan fingerprint density at radius 1 is 0.467 bits per heavy atom. The monoisotopic (exact) mass is 616 g/mol. The van der Waals surface area contributed by atoms with Gasteiger partial charge < -0.3 is 4.57 Å². The van der Waals surface area contributed by atoms with E-state index in [1.54, 1.807) is 0 Å². The molecule has 7 aromatic rings. The number of thiophene rings is 1. The van der Waals surface area contributed by atoms with Crippen LogP contribution in [-0.2, 0) is 15.4 Å². The third-order valence-corrected chi connectivity index (χ3v) is 14.7. The SMILES string of the molecule is CC1(C)c2cc(-c3ccc4sc5ccccc5c4c3)cc3c2-c2c1cc(P(=O)(c1ccccc1)c1ccccc1)cc2C3(C)C. The molecule has 45 heavy (non-hydrogen) atoms. The average Bonchev–Trinajstić information content (AvgIpc) is 3.64. The third kappa shape index (κ3) is 3.59. The summed E-state index contributed by atoms with van der Waals surface area (Å²) in [5, 5.41) is 5.34. The Kier molecular flexibility index (Phi) is 5.52. The van der Waals surface area contributed by atoms with Gasteiger partial charge in [0.2, 0.25) is 0 Å². The summed E-state index contributed by atoms with van der Waals surface area (Å²) < 4.78 is 18.2. The van der Waals surface area contributed by atoms with Gasteiger partial charge in [-0.05, 0) is 87.0 Å². The second-order valence-corrected chi connectivity index (χ2v) is 17.6. The molecule has 1 heterocycles. The molecule has 2 aliphatic rings. The van der Waals surface area contributed by atoms with Crippen LogP contribution in [0.3, 0.4) is 0 Å². The fourth-order valence-electron chi connectivity index (χ4n) is 8.05. The van der Waals surface area contributed by atoms with Crippen molar-refractivity contribution in [3.05, 3.63) is 150 Å². The first-order valence-corrected chi connectivity index (χ1v) is 18.2. The Morgan fingerprint density at radius 2 is 0.956 bits per heavy atom. The van der Waals surface area contributed by atoms with Crippen molar-refractivity contribution in [2.75, 3.05) is 0 Å². The molecular formula is C42H33OPS. The highest BCUT2D eigenvalue weighted by Gasteiger charge is 2.49. The van der Waals surface area contributed by atoms with Crippen molar-refractivity contribution in [2.24, 2.45) is 0 Å². The van der Waals surface area contributed by atoms with Gasteiger partial charge in [-0.3, -0.25) is 0 Å². The highest BCUT2D eigenvalue weighted by Crippen LogP contribution is 2.62. The van der Waals surface area contributed by atoms with Crippen molar-refractivity contribution < 1.29 is 4.57 Å². The van der Waals surface area contributed by atoms with Crippen LogP contribution in [0.15, 0.2) is 127 Å². The van der Waals surface area contributed by atoms with Crippen molar-refractivity contribution in [1.29, 1.82) is 0 Å². The van der Waals surface area contributed by atoms with Crippen molar-refractivity contribution in [3.63, 3.8) is 0 Å². The molecule has 0 aliphatic heterocycles. The molecule has 0 radical (unpaired) electrons. The van der Waals surface area contributed by atoms with E-state index in [-0.39, 0.29) is 10.8 Å². The van der Waals surface area contributed by atoms with Crippen LogP contribution in [0.4, 0.5) is 0 Å². The molecular weight excluding hydrogens is 584 g/mol. The van der Waals surface area contributed by atoms with Gasteiger partial charge in [-0.2, -0.15) is 0 Å². The van der Waals surface area contributed by atoms with Gasteiger partial charge in [0, 0.05) is 46.9 Å². The van der Waals surface area contributed by atoms with Gasteiger partial charge in [-0.25, -0.2) is 0 Å². The first-order chi connectivity index (χ1) is 21.7. The van der Waals surface area contributed by atoms with Gasteiger partial charge in [-0.15, -0.1) is 11.3 Å². The second kappa shape index (κ2) is 9.16. The van der Waals surface area contributed by atoms with E-state index in [0.717, 1.165) is 15.9 Å². The molecule has 0 amide bonds. The Labute approximate surface area is 268 Å². The van der Waals surface area contributed by atoms with E-state index in [1.165, 1.54) is 64.7 Å². The molecule has 0 N–H and O–H groups in total. The van der Waals surface area contributed by atoms with Crippen LogP contribution >= 0.6 is 18.5 Å². The minimum atomic E-state index is -3.12. The molecule has 1 nitrogen and oxygen atoms in total. The lowest BCUT2D eigenvalue weighted by atomic mass is 9.74. The lowest BCUT2D eigenvalue weighted by Gasteiger charge is -2.31. The van der Waals surface area contributed by atoms with Crippen molar-refractivity contribution >= 4 is 54.6 Å². The van der Waals surface area contributed by atoms with Crippen LogP contribution in [0.25, 0.3) is 42.4 Å². The number of hydrogen-bond acceptors (Lipinski definition) is 2. The van der Waals surface area contributed by atoms with E-state index < -0.39 is 7.14 Å². The van der Waals surface area contributed by atoms with Crippen LogP contribution in [0.1, 0.15) is 49.9 Å². The lowest BCUT2D eigenvalue weighted by molar-refractivity contribution is 0.592. The zero-order chi connectivity index (χ0) is 30.7. The summed E-state index contributed by atoms with van der Waals surface area (Å²) in [4.78, 5) is 0. The Hall–Kier alpha value is -4.23. The van der Waals surface area contributed by atoms with E-state index in [4.69, 9.17) is 0 Å². The topological polar surface area (TPSA) is 17.1 Å². The quantitative estimate of drug-likeness (QED) is 0.180. The van der Waals surface area contributed by atoms with E-state index in [1.807, 2.05) is 72.0 Å². The molecule has 0 bridgehead atoms. The molecule has 6 aromatic carbocycles. The first-order valence-electron chi connectivity index (χ1n) is 15.7. The smallest absolute Gasteiger partial charge is 0.171 e. The molecule has 0 atom stereocenters. The van der Waals surface area contributed by atoms with Crippen LogP contribution in [-0.4, -0.2) is 0 Å². The zero-order valence-electron chi connectivity index (χ0n) is 25.9. The van der Waals surface area contributed by atoms with Gasteiger partial charge in [-0.1, -0.05) is 113 Å². The molecule has 9 rings (SSSR count). The standard InChI is InChI=1S/C42H33OPS/c1-41(2)33-22-27(26-19-20-38-32(21-26)31-17-11-12-18-37(31)45-38)23-34-39(33)40-35(41)24-30(25-36(40)42(34,3)4)44(43,28-13-7-5-8-14-28)29-15-9-6-10-16-29/h5-25H,1-4H3. The minimum Gasteiger partial charge on any atom is -0.309 e. The maximum absolute atomic E-state index is 15.5. The summed E-state index contributed by atoms with van der Waals surface area (Å²) in [6.07, 6.45) is 0. The molecule has 218 valence electrons. The van der Waals surface area contributed by atoms with Crippen LogP contribution < -0.4 is 15.9 Å². The molecule has 0 saturated carbocycles. The third-order valence-electron chi connectivity index (χ3n) is 10.5. The molecule has 3 heteroatoms. The van der Waals surface area contributed by atoms with Gasteiger partial charge >= 0.3 is 0 Å². The largest absolute Gasteiger partial charge is 0.309 e. The van der Waals surface area contributed by atoms with Gasteiger partial charge in [0.15, 0.2) is 7.14 Å². The van der Waals surface area contributed by atoms with Crippen LogP contribution in [0.2, 0.25) is 0 Å². The molecule has 0 saturated heterocycles. The maximum atomic E-state index is 15.5. The average molecular weight is 617 g/mol. The number of rotatable bonds is 4. The van der Waals surface area contributed by atoms with Gasteiger partial charge in [0.1, 0.15) is 0 Å². The van der Waals surface area contributed by atoms with Crippen LogP contribution in [0.5, 0.6) is 0 Å². The highest BCUT2D eigenvalue weighted by atomic mass is 32.1. The lowest BCUT2D eigenvalue weighted by Crippen LogP contribution is -2.29. The predicted molar refractivity (Wildman–Crippen MR) is 194 cm³/mol. The molecule has 1 aromatic heterocycles. The van der Waals surface area contributed by atoms with Crippen molar-refractivity contribution in [3.8, 4) is 22.3 Å². The molecule has 0 spiro atoms. The summed E-state index contributed by atoms with van der Waals surface area (Å²) in [6.45, 7) is 9.40. The van der Waals surface area contributed by atoms with E-state index in [2.05, 4.69) is 94.4 Å². The summed E-state index contributed by atoms with van der Waals surface area (Å²) in [5.41, 5.74) is 10.2. The number of fused-ring (bicyclic) bond motifs is 3. The fraction of sp³-hybridized carbons (Fsp3) is 0.143. The highest BCUT2D eigenvalue weighted by molar-refractivity contribution is 7.85. The predicted octanol–water partition coefficient (Wildman–Crippen LogP) is 10.3. The summed E-state index contributed by atoms with van der Waals surface area (Å²) in [7, 11) is -3.12. The summed E-state index contributed by atoms with van der Waals surface area (Å²) in [5.74, 6) is 0. The summed E-state index contributed by atoms with van der Waals surface area (Å²) >= 11 is 1.87. The molecule has 0 fully saturated rings. The maximum Gasteiger partial charge on any atom is 0.171 e. The number of benzene rings is 6. The molecule has 0 unspecified atom stereocenters. The Morgan fingerprint density at radius 3 is 1.53 bits per heavy atom. The normalized spacial score (nSPS) is 15.6. The molecule has 2 aliphatic carbocycles. The van der Waals surface area contributed by atoms with Crippen molar-refractivity contribution in [1.82, 2.24) is 0 Å². The first kappa shape index (κ1) is 27.1. The summed E-state index contributed by atoms with van der Waals surface area (Å²) in [6, 6.07) is 45.3. The van der Waals surface area contributed by atoms with E-state index in [0.29, 0.717) is 0 Å². The Balaban J connectivity index is 1.27. The second-order valence-electron chi connectivity index (χ2n) is 13.7. The fourth-order valence-corrected chi connectivity index (χ4v) is 11.8. The minimum absolute atomic E-state index is 0.228. The zero-order valence-corrected chi connectivity index (χ0v) is 27.6. The van der Waals surface area contributed by atoms with Crippen molar-refractivity contribution in [2.45, 2.75) is 38.5 Å².